The van der Waals surface area contributed by atoms with Crippen molar-refractivity contribution in [1.29, 1.82) is 0 Å². The fourth-order valence-corrected chi connectivity index (χ4v) is 3.15. The third-order valence-corrected chi connectivity index (χ3v) is 4.60. The van der Waals surface area contributed by atoms with Gasteiger partial charge in [0.2, 0.25) is 0 Å². The molecule has 0 aliphatic heterocycles. The SMILES string of the molecule is CCNC(c1cccc(C2CCC2)c1)c1ccncc1C. The van der Waals surface area contributed by atoms with E-state index in [1.54, 1.807) is 0 Å². The molecular weight excluding hydrogens is 256 g/mol. The number of rotatable bonds is 5. The molecule has 1 atom stereocenters. The van der Waals surface area contributed by atoms with Crippen LogP contribution >= 0.6 is 0 Å². The van der Waals surface area contributed by atoms with Crippen LogP contribution in [0.15, 0.2) is 42.7 Å². The highest BCUT2D eigenvalue weighted by molar-refractivity contribution is 5.38. The van der Waals surface area contributed by atoms with E-state index in [0.29, 0.717) is 0 Å². The van der Waals surface area contributed by atoms with Gasteiger partial charge < -0.3 is 5.32 Å². The Morgan fingerprint density at radius 3 is 2.81 bits per heavy atom. The van der Waals surface area contributed by atoms with E-state index in [9.17, 15) is 0 Å². The largest absolute Gasteiger partial charge is 0.307 e. The van der Waals surface area contributed by atoms with Gasteiger partial charge in [0, 0.05) is 12.4 Å². The van der Waals surface area contributed by atoms with Crippen LogP contribution < -0.4 is 5.32 Å². The summed E-state index contributed by atoms with van der Waals surface area (Å²) in [6, 6.07) is 11.5. The molecular formula is C19H24N2. The van der Waals surface area contributed by atoms with Gasteiger partial charge in [-0.1, -0.05) is 37.6 Å². The maximum absolute atomic E-state index is 4.22. The fourth-order valence-electron chi connectivity index (χ4n) is 3.15. The summed E-state index contributed by atoms with van der Waals surface area (Å²) in [6.45, 7) is 5.27. The molecule has 1 aliphatic carbocycles. The van der Waals surface area contributed by atoms with Crippen LogP contribution in [-0.4, -0.2) is 11.5 Å². The molecule has 1 N–H and O–H groups in total. The molecule has 1 unspecified atom stereocenters. The van der Waals surface area contributed by atoms with Crippen LogP contribution in [0.3, 0.4) is 0 Å². The summed E-state index contributed by atoms with van der Waals surface area (Å²) >= 11 is 0. The van der Waals surface area contributed by atoms with Crippen molar-refractivity contribution in [2.75, 3.05) is 6.54 Å². The predicted molar refractivity (Wildman–Crippen MR) is 87.5 cm³/mol. The third kappa shape index (κ3) is 3.01. The summed E-state index contributed by atoms with van der Waals surface area (Å²) in [5, 5.41) is 3.63. The average molecular weight is 280 g/mol. The molecule has 2 nitrogen and oxygen atoms in total. The number of hydrogen-bond donors (Lipinski definition) is 1. The minimum atomic E-state index is 0.262. The molecule has 0 spiro atoms. The van der Waals surface area contributed by atoms with Gasteiger partial charge in [0.1, 0.15) is 0 Å². The number of pyridine rings is 1. The van der Waals surface area contributed by atoms with Crippen molar-refractivity contribution >= 4 is 0 Å². The molecule has 1 aromatic carbocycles. The quantitative estimate of drug-likeness (QED) is 0.880. The lowest BCUT2D eigenvalue weighted by Crippen LogP contribution is -2.23. The van der Waals surface area contributed by atoms with Crippen LogP contribution in [0.4, 0.5) is 0 Å². The normalized spacial score (nSPS) is 16.5. The van der Waals surface area contributed by atoms with Gasteiger partial charge in [-0.3, -0.25) is 4.98 Å². The lowest BCUT2D eigenvalue weighted by Gasteiger charge is -2.27. The first-order chi connectivity index (χ1) is 10.3. The van der Waals surface area contributed by atoms with Gasteiger partial charge >= 0.3 is 0 Å². The van der Waals surface area contributed by atoms with Crippen LogP contribution in [0.5, 0.6) is 0 Å². The van der Waals surface area contributed by atoms with Crippen molar-refractivity contribution in [2.24, 2.45) is 0 Å². The molecule has 1 heterocycles. The second kappa shape index (κ2) is 6.40. The van der Waals surface area contributed by atoms with Crippen molar-refractivity contribution in [3.63, 3.8) is 0 Å². The van der Waals surface area contributed by atoms with E-state index in [2.05, 4.69) is 54.5 Å². The minimum absolute atomic E-state index is 0.262. The van der Waals surface area contributed by atoms with E-state index < -0.39 is 0 Å². The molecule has 0 amide bonds. The van der Waals surface area contributed by atoms with Crippen LogP contribution in [0, 0.1) is 6.92 Å². The summed E-state index contributed by atoms with van der Waals surface area (Å²) in [5.74, 6) is 0.783. The van der Waals surface area contributed by atoms with Gasteiger partial charge in [-0.25, -0.2) is 0 Å². The van der Waals surface area contributed by atoms with Gasteiger partial charge in [0.25, 0.3) is 0 Å². The molecule has 2 heteroatoms. The van der Waals surface area contributed by atoms with Crippen molar-refractivity contribution in [3.8, 4) is 0 Å². The monoisotopic (exact) mass is 280 g/mol. The van der Waals surface area contributed by atoms with Crippen LogP contribution in [-0.2, 0) is 0 Å². The molecule has 1 saturated carbocycles. The molecule has 0 radical (unpaired) electrons. The molecule has 1 fully saturated rings. The van der Waals surface area contributed by atoms with Gasteiger partial charge in [-0.2, -0.15) is 0 Å². The Kier molecular flexibility index (Phi) is 4.35. The first kappa shape index (κ1) is 14.3. The van der Waals surface area contributed by atoms with Crippen molar-refractivity contribution in [3.05, 3.63) is 65.0 Å². The van der Waals surface area contributed by atoms with Gasteiger partial charge in [0.15, 0.2) is 0 Å². The van der Waals surface area contributed by atoms with Crippen LogP contribution in [0.1, 0.15) is 60.4 Å². The summed E-state index contributed by atoms with van der Waals surface area (Å²) in [4.78, 5) is 4.22. The number of hydrogen-bond acceptors (Lipinski definition) is 2. The Bertz CT molecular complexity index is 602. The van der Waals surface area contributed by atoms with Gasteiger partial charge in [-0.15, -0.1) is 0 Å². The maximum Gasteiger partial charge on any atom is 0.0580 e. The summed E-state index contributed by atoms with van der Waals surface area (Å²) < 4.78 is 0. The van der Waals surface area contributed by atoms with E-state index >= 15 is 0 Å². The second-order valence-corrected chi connectivity index (χ2v) is 6.02. The molecule has 1 aromatic heterocycles. The van der Waals surface area contributed by atoms with Gasteiger partial charge in [0.05, 0.1) is 6.04 Å². The Labute approximate surface area is 127 Å². The second-order valence-electron chi connectivity index (χ2n) is 6.02. The Morgan fingerprint density at radius 2 is 2.14 bits per heavy atom. The molecule has 1 aliphatic rings. The first-order valence-corrected chi connectivity index (χ1v) is 8.03. The van der Waals surface area contributed by atoms with E-state index in [4.69, 9.17) is 0 Å². The van der Waals surface area contributed by atoms with Gasteiger partial charge in [-0.05, 0) is 60.5 Å². The zero-order chi connectivity index (χ0) is 14.7. The van der Waals surface area contributed by atoms with Crippen molar-refractivity contribution in [1.82, 2.24) is 10.3 Å². The molecule has 21 heavy (non-hydrogen) atoms. The van der Waals surface area contributed by atoms with E-state index in [1.165, 1.54) is 41.5 Å². The van der Waals surface area contributed by atoms with E-state index in [0.717, 1.165) is 12.5 Å². The summed E-state index contributed by atoms with van der Waals surface area (Å²) in [7, 11) is 0. The predicted octanol–water partition coefficient (Wildman–Crippen LogP) is 4.36. The zero-order valence-electron chi connectivity index (χ0n) is 13.0. The van der Waals surface area contributed by atoms with Crippen LogP contribution in [0.2, 0.25) is 0 Å². The third-order valence-electron chi connectivity index (χ3n) is 4.60. The lowest BCUT2D eigenvalue weighted by molar-refractivity contribution is 0.419. The van der Waals surface area contributed by atoms with Crippen LogP contribution in [0.25, 0.3) is 0 Å². The van der Waals surface area contributed by atoms with Crippen molar-refractivity contribution in [2.45, 2.75) is 45.1 Å². The number of nitrogens with one attached hydrogen (secondary N) is 1. The maximum atomic E-state index is 4.22. The number of benzene rings is 1. The summed E-state index contributed by atoms with van der Waals surface area (Å²) in [5.41, 5.74) is 5.46. The van der Waals surface area contributed by atoms with E-state index in [1.807, 2.05) is 12.4 Å². The highest BCUT2D eigenvalue weighted by Crippen LogP contribution is 2.37. The smallest absolute Gasteiger partial charge is 0.0580 e. The number of nitrogens with zero attached hydrogens (tertiary/aromatic N) is 1. The molecule has 0 saturated heterocycles. The Balaban J connectivity index is 1.95. The zero-order valence-corrected chi connectivity index (χ0v) is 13.0. The minimum Gasteiger partial charge on any atom is -0.307 e. The standard InChI is InChI=1S/C19H24N2/c1-3-21-19(18-10-11-20-13-14(18)2)17-9-5-8-16(12-17)15-6-4-7-15/h5,8-13,15,19,21H,3-4,6-7H2,1-2H3. The molecule has 2 aromatic rings. The Morgan fingerprint density at radius 1 is 1.29 bits per heavy atom. The van der Waals surface area contributed by atoms with Crippen molar-refractivity contribution < 1.29 is 0 Å². The number of aryl methyl sites for hydroxylation is 1. The highest BCUT2D eigenvalue weighted by Gasteiger charge is 2.21. The topological polar surface area (TPSA) is 24.9 Å². The summed E-state index contributed by atoms with van der Waals surface area (Å²) in [6.07, 6.45) is 7.93. The lowest BCUT2D eigenvalue weighted by atomic mass is 9.79. The van der Waals surface area contributed by atoms with E-state index in [-0.39, 0.29) is 6.04 Å². The number of aromatic nitrogens is 1. The average Bonchev–Trinajstić information content (AvgIpc) is 2.44. The highest BCUT2D eigenvalue weighted by atomic mass is 14.9. The fraction of sp³-hybridized carbons (Fsp3) is 0.421. The first-order valence-electron chi connectivity index (χ1n) is 8.03. The molecule has 3 rings (SSSR count). The Hall–Kier alpha value is -1.67. The molecule has 0 bridgehead atoms. The molecule has 110 valence electrons.